The Morgan fingerprint density at radius 2 is 2.07 bits per heavy atom. The van der Waals surface area contributed by atoms with Crippen LogP contribution in [0.4, 0.5) is 0 Å². The lowest BCUT2D eigenvalue weighted by Gasteiger charge is -2.24. The van der Waals surface area contributed by atoms with Gasteiger partial charge < -0.3 is 15.2 Å². The number of hydrogen-bond acceptors (Lipinski definition) is 5. The highest BCUT2D eigenvalue weighted by Gasteiger charge is 2.35. The third-order valence-electron chi connectivity index (χ3n) is 5.36. The summed E-state index contributed by atoms with van der Waals surface area (Å²) in [6.45, 7) is 4.64. The van der Waals surface area contributed by atoms with E-state index >= 15 is 0 Å². The molecule has 0 spiro atoms. The Hall–Kier alpha value is -3.72. The summed E-state index contributed by atoms with van der Waals surface area (Å²) in [5, 5.41) is 17.1. The van der Waals surface area contributed by atoms with Gasteiger partial charge in [0.25, 0.3) is 0 Å². The number of fused-ring (bicyclic) bond motifs is 1. The second-order valence-electron chi connectivity index (χ2n) is 7.38. The molecule has 1 unspecified atom stereocenters. The van der Waals surface area contributed by atoms with Crippen molar-refractivity contribution in [3.63, 3.8) is 0 Å². The first-order valence-corrected chi connectivity index (χ1v) is 10.0. The third kappa shape index (κ3) is 3.62. The largest absolute Gasteiger partial charge is 0.489 e. The summed E-state index contributed by atoms with van der Waals surface area (Å²) in [4.78, 5) is 0. The van der Waals surface area contributed by atoms with E-state index in [1.807, 2.05) is 36.4 Å². The summed E-state index contributed by atoms with van der Waals surface area (Å²) in [6.07, 6.45) is 1.76. The van der Waals surface area contributed by atoms with Crippen LogP contribution in [0, 0.1) is 18.3 Å². The van der Waals surface area contributed by atoms with Crippen LogP contribution in [0.25, 0.3) is 0 Å². The smallest absolute Gasteiger partial charge is 0.244 e. The lowest BCUT2D eigenvalue weighted by molar-refractivity contribution is 0.305. The second kappa shape index (κ2) is 8.34. The fraction of sp³-hybridized carbons (Fsp3) is 0.250. The summed E-state index contributed by atoms with van der Waals surface area (Å²) >= 11 is 0. The molecule has 6 nitrogen and oxygen atoms in total. The lowest BCUT2D eigenvalue weighted by Crippen LogP contribution is -2.21. The van der Waals surface area contributed by atoms with Crippen molar-refractivity contribution in [3.8, 4) is 17.7 Å². The Morgan fingerprint density at radius 3 is 2.83 bits per heavy atom. The zero-order valence-electron chi connectivity index (χ0n) is 17.1. The molecule has 3 N–H and O–H groups in total. The maximum absolute atomic E-state index is 9.80. The van der Waals surface area contributed by atoms with Crippen LogP contribution in [0.1, 0.15) is 47.2 Å². The molecule has 4 rings (SSSR count). The highest BCUT2D eigenvalue weighted by Crippen LogP contribution is 2.43. The zero-order chi connectivity index (χ0) is 21.1. The summed E-state index contributed by atoms with van der Waals surface area (Å²) in [5.74, 6) is 0.920. The number of nitrogens with two attached hydrogens (primary N) is 1. The van der Waals surface area contributed by atoms with E-state index in [2.05, 4.69) is 42.2 Å². The molecule has 1 aromatic heterocycles. The molecule has 0 aliphatic carbocycles. The molecule has 1 aliphatic rings. The quantitative estimate of drug-likeness (QED) is 0.636. The van der Waals surface area contributed by atoms with Gasteiger partial charge in [-0.05, 0) is 42.2 Å². The first kappa shape index (κ1) is 19.6. The molecule has 30 heavy (non-hydrogen) atoms. The molecule has 1 aliphatic heterocycles. The topological polar surface area (TPSA) is 97.0 Å². The summed E-state index contributed by atoms with van der Waals surface area (Å²) in [5.41, 5.74) is 11.5. The van der Waals surface area contributed by atoms with Crippen LogP contribution in [-0.4, -0.2) is 10.2 Å². The van der Waals surface area contributed by atoms with Crippen molar-refractivity contribution in [3.05, 3.63) is 87.9 Å². The van der Waals surface area contributed by atoms with Crippen molar-refractivity contribution < 1.29 is 9.47 Å². The Bertz CT molecular complexity index is 1140. The van der Waals surface area contributed by atoms with Crippen molar-refractivity contribution in [1.29, 1.82) is 5.26 Å². The number of aromatic amines is 1. The molecule has 2 aromatic carbocycles. The minimum Gasteiger partial charge on any atom is -0.489 e. The van der Waals surface area contributed by atoms with Crippen LogP contribution in [0.15, 0.2) is 60.0 Å². The van der Waals surface area contributed by atoms with Crippen LogP contribution in [0.5, 0.6) is 11.6 Å². The normalized spacial score (nSPS) is 15.3. The van der Waals surface area contributed by atoms with Gasteiger partial charge in [-0.15, -0.1) is 5.10 Å². The second-order valence-corrected chi connectivity index (χ2v) is 7.38. The molecule has 3 aromatic rings. The van der Waals surface area contributed by atoms with Gasteiger partial charge in [-0.2, -0.15) is 5.26 Å². The summed E-state index contributed by atoms with van der Waals surface area (Å²) in [6, 6.07) is 18.2. The van der Waals surface area contributed by atoms with Gasteiger partial charge in [0.05, 0.1) is 5.92 Å². The number of nitrogens with one attached hydrogen (secondary N) is 1. The lowest BCUT2D eigenvalue weighted by atomic mass is 9.83. The van der Waals surface area contributed by atoms with Crippen molar-refractivity contribution in [1.82, 2.24) is 10.2 Å². The summed E-state index contributed by atoms with van der Waals surface area (Å²) < 4.78 is 11.7. The Morgan fingerprint density at radius 1 is 1.23 bits per heavy atom. The molecule has 6 heteroatoms. The van der Waals surface area contributed by atoms with Gasteiger partial charge in [-0.3, -0.25) is 5.10 Å². The Labute approximate surface area is 175 Å². The Balaban J connectivity index is 1.69. The molecular weight excluding hydrogens is 376 g/mol. The van der Waals surface area contributed by atoms with Crippen LogP contribution >= 0.6 is 0 Å². The molecule has 1 atom stereocenters. The maximum atomic E-state index is 9.80. The van der Waals surface area contributed by atoms with Crippen LogP contribution < -0.4 is 15.2 Å². The number of hydrogen-bond donors (Lipinski definition) is 2. The molecule has 0 bridgehead atoms. The van der Waals surface area contributed by atoms with Crippen LogP contribution in [0.2, 0.25) is 0 Å². The molecule has 0 amide bonds. The fourth-order valence-corrected chi connectivity index (χ4v) is 3.80. The number of aryl methyl sites for hydroxylation is 2. The van der Waals surface area contributed by atoms with E-state index < -0.39 is 0 Å². The van der Waals surface area contributed by atoms with Crippen LogP contribution in [-0.2, 0) is 13.0 Å². The number of allylic oxidation sites excluding steroid dienone is 1. The number of aromatic nitrogens is 2. The van der Waals surface area contributed by atoms with Gasteiger partial charge in [0.2, 0.25) is 11.8 Å². The average Bonchev–Trinajstić information content (AvgIpc) is 3.14. The van der Waals surface area contributed by atoms with E-state index in [9.17, 15) is 5.26 Å². The molecule has 0 saturated carbocycles. The van der Waals surface area contributed by atoms with Crippen molar-refractivity contribution >= 4 is 0 Å². The highest BCUT2D eigenvalue weighted by atomic mass is 16.5. The van der Waals surface area contributed by atoms with Gasteiger partial charge >= 0.3 is 0 Å². The fourth-order valence-electron chi connectivity index (χ4n) is 3.80. The number of H-pyrrole nitrogens is 1. The molecule has 0 fully saturated rings. The highest BCUT2D eigenvalue weighted by molar-refractivity contribution is 5.56. The van der Waals surface area contributed by atoms with E-state index in [-0.39, 0.29) is 11.8 Å². The zero-order valence-corrected chi connectivity index (χ0v) is 17.1. The number of ether oxygens (including phenoxy) is 2. The number of benzene rings is 2. The predicted octanol–water partition coefficient (Wildman–Crippen LogP) is 4.47. The standard InChI is InChI=1S/C24H24N4O2/c1-3-7-20-22-21(19(13-25)23(26)30-24(22)28-27-20)16-10-6-11-18(12-16)29-14-17-9-5-4-8-15(17)2/h4-6,8-12,21H,3,7,14,26H2,1-2H3,(H,27,28). The van der Waals surface area contributed by atoms with E-state index in [1.54, 1.807) is 0 Å². The molecular formula is C24H24N4O2. The molecule has 152 valence electrons. The molecule has 2 heterocycles. The van der Waals surface area contributed by atoms with E-state index in [0.717, 1.165) is 41.0 Å². The predicted molar refractivity (Wildman–Crippen MR) is 114 cm³/mol. The van der Waals surface area contributed by atoms with Gasteiger partial charge in [0, 0.05) is 11.3 Å². The third-order valence-corrected chi connectivity index (χ3v) is 5.36. The van der Waals surface area contributed by atoms with Gasteiger partial charge in [0.1, 0.15) is 24.0 Å². The summed E-state index contributed by atoms with van der Waals surface area (Å²) in [7, 11) is 0. The van der Waals surface area contributed by atoms with Gasteiger partial charge in [-0.1, -0.05) is 49.7 Å². The van der Waals surface area contributed by atoms with Crippen molar-refractivity contribution in [2.45, 2.75) is 39.2 Å². The number of nitrogens with zero attached hydrogens (tertiary/aromatic N) is 2. The monoisotopic (exact) mass is 400 g/mol. The maximum Gasteiger partial charge on any atom is 0.244 e. The SMILES string of the molecule is CCCc1[nH]nc2c1C(c1cccc(OCc3ccccc3C)c1)C(C#N)=C(N)O2. The van der Waals surface area contributed by atoms with E-state index in [0.29, 0.717) is 18.1 Å². The minimum absolute atomic E-state index is 0.0933. The van der Waals surface area contributed by atoms with E-state index in [4.69, 9.17) is 15.2 Å². The number of rotatable bonds is 6. The molecule has 0 saturated heterocycles. The van der Waals surface area contributed by atoms with E-state index in [1.165, 1.54) is 5.56 Å². The molecule has 0 radical (unpaired) electrons. The first-order chi connectivity index (χ1) is 14.6. The minimum atomic E-state index is -0.346. The van der Waals surface area contributed by atoms with Crippen molar-refractivity contribution in [2.24, 2.45) is 5.73 Å². The number of nitriles is 1. The van der Waals surface area contributed by atoms with Crippen molar-refractivity contribution in [2.75, 3.05) is 0 Å². The van der Waals surface area contributed by atoms with Crippen LogP contribution in [0.3, 0.4) is 0 Å². The first-order valence-electron chi connectivity index (χ1n) is 10.0. The van der Waals surface area contributed by atoms with Gasteiger partial charge in [0.15, 0.2) is 0 Å². The van der Waals surface area contributed by atoms with Gasteiger partial charge in [-0.25, -0.2) is 0 Å². The Kier molecular flexibility index (Phi) is 5.44. The average molecular weight is 400 g/mol.